The third kappa shape index (κ3) is 4.67. The molecule has 0 N–H and O–H groups in total. The number of hydrogen-bond donors (Lipinski definition) is 0. The fourth-order valence-electron chi connectivity index (χ4n) is 1.42. The van der Waals surface area contributed by atoms with Gasteiger partial charge in [-0.3, -0.25) is 4.79 Å². The average molecular weight is 236 g/mol. The molecule has 0 aliphatic heterocycles. The molecule has 0 saturated carbocycles. The second-order valence-electron chi connectivity index (χ2n) is 3.74. The second kappa shape index (κ2) is 7.98. The van der Waals surface area contributed by atoms with Crippen molar-refractivity contribution < 1.29 is 14.3 Å². The highest BCUT2D eigenvalue weighted by atomic mass is 16.7. The van der Waals surface area contributed by atoms with Gasteiger partial charge in [-0.15, -0.1) is 0 Å². The van der Waals surface area contributed by atoms with Gasteiger partial charge in [0.25, 0.3) is 0 Å². The van der Waals surface area contributed by atoms with E-state index in [1.165, 1.54) is 0 Å². The highest BCUT2D eigenvalue weighted by Gasteiger charge is 2.20. The number of rotatable bonds is 8. The van der Waals surface area contributed by atoms with Crippen LogP contribution in [0.4, 0.5) is 0 Å². The van der Waals surface area contributed by atoms with Crippen molar-refractivity contribution in [3.63, 3.8) is 0 Å². The van der Waals surface area contributed by atoms with E-state index in [1.807, 2.05) is 25.1 Å². The number of benzene rings is 1. The van der Waals surface area contributed by atoms with Gasteiger partial charge in [-0.25, -0.2) is 0 Å². The molecule has 3 heteroatoms. The van der Waals surface area contributed by atoms with E-state index < -0.39 is 6.29 Å². The summed E-state index contributed by atoms with van der Waals surface area (Å²) in [7, 11) is 0. The summed E-state index contributed by atoms with van der Waals surface area (Å²) < 4.78 is 10.8. The Morgan fingerprint density at radius 2 is 1.88 bits per heavy atom. The van der Waals surface area contributed by atoms with Crippen LogP contribution in [0.15, 0.2) is 30.3 Å². The van der Waals surface area contributed by atoms with Crippen LogP contribution in [0.5, 0.6) is 0 Å². The van der Waals surface area contributed by atoms with Crippen LogP contribution < -0.4 is 0 Å². The molecule has 0 heterocycles. The van der Waals surface area contributed by atoms with Crippen LogP contribution in [0.1, 0.15) is 37.0 Å². The largest absolute Gasteiger partial charge is 0.346 e. The van der Waals surface area contributed by atoms with Gasteiger partial charge in [0.1, 0.15) is 0 Å². The highest BCUT2D eigenvalue weighted by molar-refractivity contribution is 5.98. The van der Waals surface area contributed by atoms with Crippen molar-refractivity contribution in [3.05, 3.63) is 35.9 Å². The lowest BCUT2D eigenvalue weighted by atomic mass is 10.1. The molecule has 0 fully saturated rings. The Kier molecular flexibility index (Phi) is 6.51. The summed E-state index contributed by atoms with van der Waals surface area (Å²) in [6, 6.07) is 9.10. The summed E-state index contributed by atoms with van der Waals surface area (Å²) in [5.41, 5.74) is 0.627. The maximum atomic E-state index is 12.1. The summed E-state index contributed by atoms with van der Waals surface area (Å²) in [5.74, 6) is -0.108. The molecule has 1 aromatic carbocycles. The van der Waals surface area contributed by atoms with E-state index in [9.17, 15) is 4.79 Å². The first-order valence-corrected chi connectivity index (χ1v) is 6.12. The first-order chi connectivity index (χ1) is 8.29. The maximum Gasteiger partial charge on any atom is 0.222 e. The zero-order valence-corrected chi connectivity index (χ0v) is 10.5. The number of ketones is 1. The molecule has 0 amide bonds. The van der Waals surface area contributed by atoms with Crippen molar-refractivity contribution in [2.75, 3.05) is 13.2 Å². The Hall–Kier alpha value is -1.19. The van der Waals surface area contributed by atoms with Crippen molar-refractivity contribution in [2.24, 2.45) is 0 Å². The van der Waals surface area contributed by atoms with Gasteiger partial charge in [0.15, 0.2) is 0 Å². The van der Waals surface area contributed by atoms with Gasteiger partial charge < -0.3 is 9.47 Å². The Balaban J connectivity index is 2.60. The summed E-state index contributed by atoms with van der Waals surface area (Å²) in [6.45, 7) is 4.96. The molecule has 1 atom stereocenters. The third-order valence-electron chi connectivity index (χ3n) is 2.36. The molecule has 0 aliphatic rings. The average Bonchev–Trinajstić information content (AvgIpc) is 2.38. The lowest BCUT2D eigenvalue weighted by Gasteiger charge is -2.16. The number of Topliss-reactive ketones (excluding diaryl/α,β-unsaturated/α-hetero) is 1. The fraction of sp³-hybridized carbons (Fsp3) is 0.500. The summed E-state index contributed by atoms with van der Waals surface area (Å²) in [4.78, 5) is 12.1. The molecule has 0 aromatic heterocycles. The lowest BCUT2D eigenvalue weighted by molar-refractivity contribution is -0.111. The Labute approximate surface area is 103 Å². The molecule has 1 unspecified atom stereocenters. The number of unbranched alkanes of at least 4 members (excludes halogenated alkanes) is 1. The van der Waals surface area contributed by atoms with Crippen LogP contribution in [0.25, 0.3) is 0 Å². The summed E-state index contributed by atoms with van der Waals surface area (Å²) in [5, 5.41) is 0. The monoisotopic (exact) mass is 236 g/mol. The van der Waals surface area contributed by atoms with Gasteiger partial charge in [-0.2, -0.15) is 0 Å². The molecule has 3 nitrogen and oxygen atoms in total. The standard InChI is InChI=1S/C14H20O3/c1-3-5-11-17-14(16-4-2)13(15)12-9-7-6-8-10-12/h6-10,14H,3-5,11H2,1-2H3. The van der Waals surface area contributed by atoms with Crippen molar-refractivity contribution in [3.8, 4) is 0 Å². The zero-order chi connectivity index (χ0) is 12.5. The van der Waals surface area contributed by atoms with E-state index in [0.29, 0.717) is 18.8 Å². The van der Waals surface area contributed by atoms with Gasteiger partial charge in [0.2, 0.25) is 12.1 Å². The molecule has 0 bridgehead atoms. The predicted octanol–water partition coefficient (Wildman–Crippen LogP) is 3.05. The molecule has 0 radical (unpaired) electrons. The minimum absolute atomic E-state index is 0.108. The molecular formula is C14H20O3. The van der Waals surface area contributed by atoms with E-state index in [0.717, 1.165) is 12.8 Å². The van der Waals surface area contributed by atoms with Gasteiger partial charge in [0.05, 0.1) is 6.61 Å². The van der Waals surface area contributed by atoms with E-state index >= 15 is 0 Å². The molecule has 94 valence electrons. The van der Waals surface area contributed by atoms with Crippen LogP contribution in [0.3, 0.4) is 0 Å². The van der Waals surface area contributed by atoms with Crippen LogP contribution in [-0.4, -0.2) is 25.3 Å². The van der Waals surface area contributed by atoms with Crippen molar-refractivity contribution >= 4 is 5.78 Å². The van der Waals surface area contributed by atoms with Crippen LogP contribution in [-0.2, 0) is 9.47 Å². The Morgan fingerprint density at radius 3 is 2.47 bits per heavy atom. The molecule has 1 rings (SSSR count). The van der Waals surface area contributed by atoms with Crippen molar-refractivity contribution in [1.29, 1.82) is 0 Å². The summed E-state index contributed by atoms with van der Waals surface area (Å²) in [6.07, 6.45) is 1.21. The van der Waals surface area contributed by atoms with E-state index in [-0.39, 0.29) is 5.78 Å². The number of carbonyl (C=O) groups excluding carboxylic acids is 1. The fourth-order valence-corrected chi connectivity index (χ4v) is 1.42. The molecule has 17 heavy (non-hydrogen) atoms. The normalized spacial score (nSPS) is 12.4. The molecule has 0 saturated heterocycles. The third-order valence-corrected chi connectivity index (χ3v) is 2.36. The number of hydrogen-bond acceptors (Lipinski definition) is 3. The minimum Gasteiger partial charge on any atom is -0.346 e. The topological polar surface area (TPSA) is 35.5 Å². The lowest BCUT2D eigenvalue weighted by Crippen LogP contribution is -2.28. The Morgan fingerprint density at radius 1 is 1.18 bits per heavy atom. The molecular weight excluding hydrogens is 216 g/mol. The number of carbonyl (C=O) groups is 1. The quantitative estimate of drug-likeness (QED) is 0.395. The van der Waals surface area contributed by atoms with E-state index in [1.54, 1.807) is 12.1 Å². The predicted molar refractivity (Wildman–Crippen MR) is 67.0 cm³/mol. The molecule has 0 spiro atoms. The highest BCUT2D eigenvalue weighted by Crippen LogP contribution is 2.08. The van der Waals surface area contributed by atoms with Gasteiger partial charge in [0, 0.05) is 12.2 Å². The SMILES string of the molecule is CCCCOC(OCC)C(=O)c1ccccc1. The van der Waals surface area contributed by atoms with Crippen LogP contribution in [0.2, 0.25) is 0 Å². The van der Waals surface area contributed by atoms with Gasteiger partial charge in [-0.1, -0.05) is 43.7 Å². The van der Waals surface area contributed by atoms with E-state index in [2.05, 4.69) is 6.92 Å². The van der Waals surface area contributed by atoms with Crippen LogP contribution in [0, 0.1) is 0 Å². The minimum atomic E-state index is -0.769. The first kappa shape index (κ1) is 13.9. The Bertz CT molecular complexity index is 321. The zero-order valence-electron chi connectivity index (χ0n) is 10.5. The van der Waals surface area contributed by atoms with E-state index in [4.69, 9.17) is 9.47 Å². The van der Waals surface area contributed by atoms with Crippen molar-refractivity contribution in [2.45, 2.75) is 33.0 Å². The number of ether oxygens (including phenoxy) is 2. The van der Waals surface area contributed by atoms with Crippen molar-refractivity contribution in [1.82, 2.24) is 0 Å². The summed E-state index contributed by atoms with van der Waals surface area (Å²) >= 11 is 0. The molecule has 0 aliphatic carbocycles. The first-order valence-electron chi connectivity index (χ1n) is 6.12. The second-order valence-corrected chi connectivity index (χ2v) is 3.74. The maximum absolute atomic E-state index is 12.1. The van der Waals surface area contributed by atoms with Gasteiger partial charge >= 0.3 is 0 Å². The molecule has 1 aromatic rings. The smallest absolute Gasteiger partial charge is 0.222 e. The van der Waals surface area contributed by atoms with Crippen LogP contribution >= 0.6 is 0 Å². The van der Waals surface area contributed by atoms with Gasteiger partial charge in [-0.05, 0) is 13.3 Å².